The van der Waals surface area contributed by atoms with Crippen LogP contribution in [0.2, 0.25) is 0 Å². The molecule has 1 fully saturated rings. The maximum absolute atomic E-state index is 14.3. The summed E-state index contributed by atoms with van der Waals surface area (Å²) in [6.07, 6.45) is -2.72. The molecule has 1 heterocycles. The SMILES string of the molecule is Cc1ccc(-n2nc(C)c(C(Nc3cccc(C4CCCC(C(=O)O)C4)c3O)C(F)(F)F)c2O)cc1C. The Balaban J connectivity index is 1.71. The Kier molecular flexibility index (Phi) is 7.12. The van der Waals surface area contributed by atoms with Crippen LogP contribution in [0, 0.1) is 26.7 Å². The molecule has 0 saturated heterocycles. The molecule has 1 saturated carbocycles. The third-order valence-electron chi connectivity index (χ3n) is 7.26. The maximum Gasteiger partial charge on any atom is 0.413 e. The quantitative estimate of drug-likeness (QED) is 0.287. The minimum Gasteiger partial charge on any atom is -0.505 e. The number of aliphatic carboxylic acids is 1. The number of aryl methyl sites for hydroxylation is 3. The number of aromatic nitrogens is 2. The van der Waals surface area contributed by atoms with Crippen molar-refractivity contribution in [3.05, 3.63) is 64.3 Å². The van der Waals surface area contributed by atoms with Crippen molar-refractivity contribution in [1.82, 2.24) is 9.78 Å². The van der Waals surface area contributed by atoms with Gasteiger partial charge in [0.15, 0.2) is 6.04 Å². The number of aromatic hydroxyl groups is 2. The molecular formula is C27H30F3N3O4. The number of carbonyl (C=O) groups is 1. The van der Waals surface area contributed by atoms with E-state index in [9.17, 15) is 33.3 Å². The van der Waals surface area contributed by atoms with E-state index in [2.05, 4.69) is 10.4 Å². The third-order valence-corrected chi connectivity index (χ3v) is 7.26. The highest BCUT2D eigenvalue weighted by Crippen LogP contribution is 2.46. The molecular weight excluding hydrogens is 487 g/mol. The first-order valence-corrected chi connectivity index (χ1v) is 12.1. The van der Waals surface area contributed by atoms with Gasteiger partial charge < -0.3 is 20.6 Å². The number of carboxylic acid groups (broad SMARTS) is 1. The van der Waals surface area contributed by atoms with Gasteiger partial charge in [0.2, 0.25) is 5.88 Å². The zero-order valence-electron chi connectivity index (χ0n) is 20.8. The molecule has 3 aromatic rings. The van der Waals surface area contributed by atoms with Crippen molar-refractivity contribution in [2.75, 3.05) is 5.32 Å². The van der Waals surface area contributed by atoms with Gasteiger partial charge >= 0.3 is 12.1 Å². The monoisotopic (exact) mass is 517 g/mol. The number of halogens is 3. The first kappa shape index (κ1) is 26.4. The lowest BCUT2D eigenvalue weighted by atomic mass is 9.77. The highest BCUT2D eigenvalue weighted by molar-refractivity contribution is 5.70. The van der Waals surface area contributed by atoms with Gasteiger partial charge in [0.1, 0.15) is 5.75 Å². The Hall–Kier alpha value is -3.69. The zero-order valence-corrected chi connectivity index (χ0v) is 20.8. The highest BCUT2D eigenvalue weighted by Gasteiger charge is 2.45. The molecule has 0 amide bonds. The second kappa shape index (κ2) is 9.99. The topological polar surface area (TPSA) is 108 Å². The number of rotatable bonds is 6. The molecule has 0 aliphatic heterocycles. The summed E-state index contributed by atoms with van der Waals surface area (Å²) in [7, 11) is 0. The number of nitrogens with zero attached hydrogens (tertiary/aromatic N) is 2. The standard InChI is InChI=1S/C27H30F3N3O4/c1-14-10-11-19(12-15(14)2)33-25(35)22(16(3)32-33)24(27(28,29)30)31-21-9-5-8-20(23(21)34)17-6-4-7-18(13-17)26(36)37/h5,8-12,17-18,24,31,34-35H,4,6-7,13H2,1-3H3,(H,36,37). The van der Waals surface area contributed by atoms with Crippen molar-refractivity contribution in [3.8, 4) is 17.3 Å². The van der Waals surface area contributed by atoms with Crippen molar-refractivity contribution in [2.45, 2.75) is 64.6 Å². The molecule has 0 bridgehead atoms. The molecule has 4 N–H and O–H groups in total. The number of nitrogens with one attached hydrogen (secondary N) is 1. The first-order valence-electron chi connectivity index (χ1n) is 12.1. The van der Waals surface area contributed by atoms with Crippen LogP contribution in [0.25, 0.3) is 5.69 Å². The van der Waals surface area contributed by atoms with Crippen LogP contribution in [-0.4, -0.2) is 37.2 Å². The second-order valence-corrected chi connectivity index (χ2v) is 9.76. The molecule has 3 unspecified atom stereocenters. The van der Waals surface area contributed by atoms with Crippen LogP contribution in [0.15, 0.2) is 36.4 Å². The molecule has 198 valence electrons. The molecule has 3 atom stereocenters. The average molecular weight is 518 g/mol. The fourth-order valence-electron chi connectivity index (χ4n) is 5.08. The number of phenolic OH excluding ortho intramolecular Hbond substituents is 1. The Labute approximate surface area is 212 Å². The van der Waals surface area contributed by atoms with Crippen molar-refractivity contribution in [3.63, 3.8) is 0 Å². The molecule has 1 aliphatic rings. The lowest BCUT2D eigenvalue weighted by Gasteiger charge is -2.29. The van der Waals surface area contributed by atoms with Crippen LogP contribution in [0.5, 0.6) is 11.6 Å². The normalized spacial score (nSPS) is 19.0. The van der Waals surface area contributed by atoms with Gasteiger partial charge in [0.05, 0.1) is 28.6 Å². The molecule has 0 spiro atoms. The van der Waals surface area contributed by atoms with Gasteiger partial charge in [-0.25, -0.2) is 4.68 Å². The molecule has 7 nitrogen and oxygen atoms in total. The lowest BCUT2D eigenvalue weighted by molar-refractivity contribution is -0.144. The molecule has 1 aromatic heterocycles. The van der Waals surface area contributed by atoms with Gasteiger partial charge in [0, 0.05) is 0 Å². The van der Waals surface area contributed by atoms with Crippen molar-refractivity contribution in [1.29, 1.82) is 0 Å². The second-order valence-electron chi connectivity index (χ2n) is 9.76. The summed E-state index contributed by atoms with van der Waals surface area (Å²) in [4.78, 5) is 11.5. The zero-order chi connectivity index (χ0) is 27.1. The number of carboxylic acids is 1. The largest absolute Gasteiger partial charge is 0.505 e. The van der Waals surface area contributed by atoms with E-state index in [0.717, 1.165) is 15.8 Å². The number of hydrogen-bond donors (Lipinski definition) is 4. The number of alkyl halides is 3. The summed E-state index contributed by atoms with van der Waals surface area (Å²) in [6.45, 7) is 5.14. The van der Waals surface area contributed by atoms with Gasteiger partial charge in [-0.1, -0.05) is 24.6 Å². The van der Waals surface area contributed by atoms with Gasteiger partial charge in [-0.05, 0) is 80.8 Å². The van der Waals surface area contributed by atoms with E-state index in [0.29, 0.717) is 36.9 Å². The number of hydrogen-bond acceptors (Lipinski definition) is 5. The predicted molar refractivity (Wildman–Crippen MR) is 132 cm³/mol. The maximum atomic E-state index is 14.3. The van der Waals surface area contributed by atoms with Crippen LogP contribution in [-0.2, 0) is 4.79 Å². The molecule has 37 heavy (non-hydrogen) atoms. The van der Waals surface area contributed by atoms with Crippen molar-refractivity contribution in [2.24, 2.45) is 5.92 Å². The van der Waals surface area contributed by atoms with E-state index in [1.54, 1.807) is 24.3 Å². The summed E-state index contributed by atoms with van der Waals surface area (Å²) < 4.78 is 44.1. The minimum atomic E-state index is -4.83. The molecule has 2 aromatic carbocycles. The fourth-order valence-corrected chi connectivity index (χ4v) is 5.08. The van der Waals surface area contributed by atoms with Crippen molar-refractivity contribution < 1.29 is 33.3 Å². The summed E-state index contributed by atoms with van der Waals surface area (Å²) in [5.74, 6) is -2.77. The highest BCUT2D eigenvalue weighted by atomic mass is 19.4. The molecule has 4 rings (SSSR count). The molecule has 1 aliphatic carbocycles. The Morgan fingerprint density at radius 3 is 2.49 bits per heavy atom. The number of phenols is 1. The van der Waals surface area contributed by atoms with E-state index in [1.807, 2.05) is 13.8 Å². The minimum absolute atomic E-state index is 0.0159. The van der Waals surface area contributed by atoms with Gasteiger partial charge in [-0.2, -0.15) is 18.3 Å². The summed E-state index contributed by atoms with van der Waals surface area (Å²) >= 11 is 0. The molecule has 10 heteroatoms. The van der Waals surface area contributed by atoms with Crippen LogP contribution < -0.4 is 5.32 Å². The van der Waals surface area contributed by atoms with Crippen LogP contribution in [0.1, 0.15) is 65.6 Å². The fraction of sp³-hybridized carbons (Fsp3) is 0.407. The van der Waals surface area contributed by atoms with Crippen LogP contribution >= 0.6 is 0 Å². The summed E-state index contributed by atoms with van der Waals surface area (Å²) in [5.41, 5.74) is 2.10. The van der Waals surface area contributed by atoms with Gasteiger partial charge in [-0.3, -0.25) is 4.79 Å². The number of para-hydroxylation sites is 1. The summed E-state index contributed by atoms with van der Waals surface area (Å²) in [6, 6.07) is 7.30. The van der Waals surface area contributed by atoms with Gasteiger partial charge in [-0.15, -0.1) is 0 Å². The smallest absolute Gasteiger partial charge is 0.413 e. The van der Waals surface area contributed by atoms with Crippen molar-refractivity contribution >= 4 is 11.7 Å². The van der Waals surface area contributed by atoms with E-state index in [-0.39, 0.29) is 23.0 Å². The van der Waals surface area contributed by atoms with E-state index in [1.165, 1.54) is 19.1 Å². The van der Waals surface area contributed by atoms with E-state index in [4.69, 9.17) is 0 Å². The Morgan fingerprint density at radius 1 is 1.11 bits per heavy atom. The molecule has 0 radical (unpaired) electrons. The number of benzene rings is 2. The predicted octanol–water partition coefficient (Wildman–Crippen LogP) is 6.28. The summed E-state index contributed by atoms with van der Waals surface area (Å²) in [5, 5.41) is 37.8. The van der Waals surface area contributed by atoms with Gasteiger partial charge in [0.25, 0.3) is 0 Å². The number of anilines is 1. The van der Waals surface area contributed by atoms with E-state index >= 15 is 0 Å². The Bertz CT molecular complexity index is 1320. The van der Waals surface area contributed by atoms with Crippen LogP contribution in [0.3, 0.4) is 0 Å². The first-order chi connectivity index (χ1) is 17.4. The average Bonchev–Trinajstić information content (AvgIpc) is 3.13. The lowest BCUT2D eigenvalue weighted by Crippen LogP contribution is -2.28. The van der Waals surface area contributed by atoms with Crippen LogP contribution in [0.4, 0.5) is 18.9 Å². The van der Waals surface area contributed by atoms with E-state index < -0.39 is 35.5 Å². The third kappa shape index (κ3) is 5.23. The Morgan fingerprint density at radius 2 is 1.84 bits per heavy atom.